The SMILES string of the molecule is Nc1ccc(O)cc1C(=O)NCC(F)F. The fraction of sp³-hybridized carbons (Fsp3) is 0.222. The maximum atomic E-state index is 11.8. The Hall–Kier alpha value is -1.85. The summed E-state index contributed by atoms with van der Waals surface area (Å²) in [6.07, 6.45) is -2.62. The van der Waals surface area contributed by atoms with Gasteiger partial charge in [-0.2, -0.15) is 0 Å². The van der Waals surface area contributed by atoms with Gasteiger partial charge in [0, 0.05) is 5.69 Å². The average molecular weight is 216 g/mol. The molecule has 0 aliphatic heterocycles. The van der Waals surface area contributed by atoms with E-state index in [1.54, 1.807) is 0 Å². The van der Waals surface area contributed by atoms with Crippen LogP contribution >= 0.6 is 0 Å². The van der Waals surface area contributed by atoms with E-state index in [1.165, 1.54) is 12.1 Å². The highest BCUT2D eigenvalue weighted by Crippen LogP contribution is 2.18. The summed E-state index contributed by atoms with van der Waals surface area (Å²) < 4.78 is 23.6. The van der Waals surface area contributed by atoms with Gasteiger partial charge in [0.05, 0.1) is 12.1 Å². The van der Waals surface area contributed by atoms with Gasteiger partial charge < -0.3 is 16.2 Å². The molecular weight excluding hydrogens is 206 g/mol. The molecule has 15 heavy (non-hydrogen) atoms. The number of phenols is 1. The number of alkyl halides is 2. The van der Waals surface area contributed by atoms with Crippen LogP contribution in [0.5, 0.6) is 5.75 Å². The second kappa shape index (κ2) is 4.59. The summed E-state index contributed by atoms with van der Waals surface area (Å²) in [6, 6.07) is 3.75. The molecule has 4 N–H and O–H groups in total. The third-order valence-corrected chi connectivity index (χ3v) is 1.70. The number of rotatable bonds is 3. The lowest BCUT2D eigenvalue weighted by molar-refractivity contribution is 0.0892. The Bertz CT molecular complexity index is 369. The molecule has 1 aromatic rings. The van der Waals surface area contributed by atoms with Crippen molar-refractivity contribution in [1.82, 2.24) is 5.32 Å². The second-order valence-corrected chi connectivity index (χ2v) is 2.87. The highest BCUT2D eigenvalue weighted by Gasteiger charge is 2.12. The smallest absolute Gasteiger partial charge is 0.255 e. The molecule has 0 heterocycles. The number of nitrogens with two attached hydrogens (primary N) is 1. The molecule has 1 rings (SSSR count). The molecule has 0 aliphatic rings. The Balaban J connectivity index is 2.77. The van der Waals surface area contributed by atoms with E-state index in [0.29, 0.717) is 0 Å². The molecule has 0 saturated heterocycles. The summed E-state index contributed by atoms with van der Waals surface area (Å²) >= 11 is 0. The fourth-order valence-electron chi connectivity index (χ4n) is 1.01. The topological polar surface area (TPSA) is 75.3 Å². The number of halogens is 2. The maximum Gasteiger partial charge on any atom is 0.255 e. The zero-order chi connectivity index (χ0) is 11.4. The van der Waals surface area contributed by atoms with Crippen molar-refractivity contribution in [3.63, 3.8) is 0 Å². The number of carbonyl (C=O) groups excluding carboxylic acids is 1. The molecule has 1 amide bonds. The van der Waals surface area contributed by atoms with Gasteiger partial charge in [-0.25, -0.2) is 8.78 Å². The Morgan fingerprint density at radius 1 is 1.53 bits per heavy atom. The van der Waals surface area contributed by atoms with Crippen LogP contribution in [0.15, 0.2) is 18.2 Å². The quantitative estimate of drug-likeness (QED) is 0.520. The molecule has 1 aromatic carbocycles. The first kappa shape index (κ1) is 11.2. The lowest BCUT2D eigenvalue weighted by Gasteiger charge is -2.07. The second-order valence-electron chi connectivity index (χ2n) is 2.87. The Kier molecular flexibility index (Phi) is 3.43. The molecule has 0 spiro atoms. The maximum absolute atomic E-state index is 11.8. The van der Waals surface area contributed by atoms with Crippen LogP contribution < -0.4 is 11.1 Å². The Morgan fingerprint density at radius 2 is 2.20 bits per heavy atom. The molecule has 0 fully saturated rings. The number of anilines is 1. The Morgan fingerprint density at radius 3 is 2.80 bits per heavy atom. The van der Waals surface area contributed by atoms with Gasteiger partial charge in [-0.3, -0.25) is 4.79 Å². The summed E-state index contributed by atoms with van der Waals surface area (Å²) in [7, 11) is 0. The summed E-state index contributed by atoms with van der Waals surface area (Å²) in [5, 5.41) is 11.1. The number of phenolic OH excluding ortho intramolecular Hbond substituents is 1. The molecule has 0 bridgehead atoms. The lowest BCUT2D eigenvalue weighted by Crippen LogP contribution is -2.29. The van der Waals surface area contributed by atoms with Crippen LogP contribution in [0.3, 0.4) is 0 Å². The molecule has 0 aromatic heterocycles. The number of carbonyl (C=O) groups is 1. The average Bonchev–Trinajstić information content (AvgIpc) is 2.18. The predicted molar refractivity (Wildman–Crippen MR) is 50.9 cm³/mol. The highest BCUT2D eigenvalue weighted by molar-refractivity contribution is 5.99. The van der Waals surface area contributed by atoms with E-state index >= 15 is 0 Å². The minimum atomic E-state index is -2.62. The zero-order valence-electron chi connectivity index (χ0n) is 7.71. The van der Waals surface area contributed by atoms with Gasteiger partial charge in [-0.1, -0.05) is 0 Å². The van der Waals surface area contributed by atoms with Crippen molar-refractivity contribution in [2.75, 3.05) is 12.3 Å². The van der Waals surface area contributed by atoms with Crippen LogP contribution in [0.4, 0.5) is 14.5 Å². The van der Waals surface area contributed by atoms with Crippen molar-refractivity contribution in [1.29, 1.82) is 0 Å². The van der Waals surface area contributed by atoms with E-state index in [2.05, 4.69) is 0 Å². The van der Waals surface area contributed by atoms with Crippen LogP contribution in [-0.4, -0.2) is 24.0 Å². The van der Waals surface area contributed by atoms with Crippen molar-refractivity contribution in [3.8, 4) is 5.75 Å². The van der Waals surface area contributed by atoms with Gasteiger partial charge in [-0.15, -0.1) is 0 Å². The normalized spacial score (nSPS) is 10.3. The minimum absolute atomic E-state index is 0.0179. The van der Waals surface area contributed by atoms with Crippen LogP contribution in [0.25, 0.3) is 0 Å². The molecule has 82 valence electrons. The fourth-order valence-corrected chi connectivity index (χ4v) is 1.01. The molecular formula is C9H10F2N2O2. The van der Waals surface area contributed by atoms with Gasteiger partial charge in [0.1, 0.15) is 5.75 Å². The largest absolute Gasteiger partial charge is 0.508 e. The monoisotopic (exact) mass is 216 g/mol. The van der Waals surface area contributed by atoms with Crippen molar-refractivity contribution in [2.24, 2.45) is 0 Å². The van der Waals surface area contributed by atoms with Gasteiger partial charge in [0.25, 0.3) is 12.3 Å². The van der Waals surface area contributed by atoms with E-state index in [4.69, 9.17) is 10.8 Å². The third-order valence-electron chi connectivity index (χ3n) is 1.70. The van der Waals surface area contributed by atoms with Crippen LogP contribution in [-0.2, 0) is 0 Å². The predicted octanol–water partition coefficient (Wildman–Crippen LogP) is 0.969. The number of nitrogen functional groups attached to an aromatic ring is 1. The molecule has 0 saturated carbocycles. The number of benzene rings is 1. The van der Waals surface area contributed by atoms with Crippen molar-refractivity contribution in [3.05, 3.63) is 23.8 Å². The van der Waals surface area contributed by atoms with Gasteiger partial charge in [0.15, 0.2) is 0 Å². The molecule has 6 heteroatoms. The van der Waals surface area contributed by atoms with Crippen LogP contribution in [0.1, 0.15) is 10.4 Å². The number of nitrogens with one attached hydrogen (secondary N) is 1. The molecule has 0 radical (unpaired) electrons. The number of hydrogen-bond donors (Lipinski definition) is 3. The van der Waals surface area contributed by atoms with E-state index in [0.717, 1.165) is 6.07 Å². The van der Waals surface area contributed by atoms with Crippen LogP contribution in [0, 0.1) is 0 Å². The first-order chi connectivity index (χ1) is 7.00. The van der Waals surface area contributed by atoms with E-state index in [1.807, 2.05) is 5.32 Å². The first-order valence-electron chi connectivity index (χ1n) is 4.15. The molecule has 0 aliphatic carbocycles. The van der Waals surface area contributed by atoms with E-state index in [-0.39, 0.29) is 17.0 Å². The van der Waals surface area contributed by atoms with Gasteiger partial charge in [0.2, 0.25) is 0 Å². The van der Waals surface area contributed by atoms with Crippen LogP contribution in [0.2, 0.25) is 0 Å². The molecule has 4 nitrogen and oxygen atoms in total. The van der Waals surface area contributed by atoms with Crippen molar-refractivity contribution in [2.45, 2.75) is 6.43 Å². The molecule has 0 atom stereocenters. The number of aromatic hydroxyl groups is 1. The van der Waals surface area contributed by atoms with Crippen molar-refractivity contribution < 1.29 is 18.7 Å². The first-order valence-corrected chi connectivity index (χ1v) is 4.15. The summed E-state index contributed by atoms with van der Waals surface area (Å²) in [5.41, 5.74) is 5.54. The number of amides is 1. The Labute approximate surface area is 84.7 Å². The zero-order valence-corrected chi connectivity index (χ0v) is 7.71. The van der Waals surface area contributed by atoms with E-state index in [9.17, 15) is 13.6 Å². The van der Waals surface area contributed by atoms with Gasteiger partial charge in [-0.05, 0) is 18.2 Å². The van der Waals surface area contributed by atoms with Gasteiger partial charge >= 0.3 is 0 Å². The van der Waals surface area contributed by atoms with Crippen molar-refractivity contribution >= 4 is 11.6 Å². The third kappa shape index (κ3) is 3.08. The summed E-state index contributed by atoms with van der Waals surface area (Å²) in [5.74, 6) is -0.880. The highest BCUT2D eigenvalue weighted by atomic mass is 19.3. The summed E-state index contributed by atoms with van der Waals surface area (Å²) in [6.45, 7) is -0.742. The van der Waals surface area contributed by atoms with E-state index < -0.39 is 18.9 Å². The number of hydrogen-bond acceptors (Lipinski definition) is 3. The lowest BCUT2D eigenvalue weighted by atomic mass is 10.1. The minimum Gasteiger partial charge on any atom is -0.508 e. The molecule has 0 unspecified atom stereocenters. The standard InChI is InChI=1S/C9H10F2N2O2/c10-8(11)4-13-9(15)6-3-5(14)1-2-7(6)12/h1-3,8,14H,4,12H2,(H,13,15). The summed E-state index contributed by atoms with van der Waals surface area (Å²) in [4.78, 5) is 11.3.